The highest BCUT2D eigenvalue weighted by Crippen LogP contribution is 2.18. The van der Waals surface area contributed by atoms with Gasteiger partial charge in [0.15, 0.2) is 0 Å². The van der Waals surface area contributed by atoms with Crippen molar-refractivity contribution in [1.29, 1.82) is 0 Å². The Labute approximate surface area is 176 Å². The first-order chi connectivity index (χ1) is 13.4. The van der Waals surface area contributed by atoms with Crippen molar-refractivity contribution in [2.24, 2.45) is 5.92 Å². The second kappa shape index (κ2) is 18.7. The zero-order valence-corrected chi connectivity index (χ0v) is 20.3. The summed E-state index contributed by atoms with van der Waals surface area (Å²) in [5.74, 6) is 0.978. The molecule has 0 unspecified atom stereocenters. The second-order valence-corrected chi connectivity index (χ2v) is 7.18. The average Bonchev–Trinajstić information content (AvgIpc) is 2.73. The predicted molar refractivity (Wildman–Crippen MR) is 132 cm³/mol. The van der Waals surface area contributed by atoms with Crippen molar-refractivity contribution in [1.82, 2.24) is 4.90 Å². The van der Waals surface area contributed by atoms with E-state index in [1.807, 2.05) is 41.5 Å². The van der Waals surface area contributed by atoms with Gasteiger partial charge in [0.1, 0.15) is 0 Å². The van der Waals surface area contributed by atoms with Crippen LogP contribution in [0.2, 0.25) is 0 Å². The molecule has 28 heavy (non-hydrogen) atoms. The number of benzene rings is 2. The third-order valence-electron chi connectivity index (χ3n) is 4.27. The van der Waals surface area contributed by atoms with Crippen LogP contribution in [-0.4, -0.2) is 25.0 Å². The van der Waals surface area contributed by atoms with Gasteiger partial charge in [0.25, 0.3) is 0 Å². The van der Waals surface area contributed by atoms with Gasteiger partial charge >= 0.3 is 0 Å². The van der Waals surface area contributed by atoms with Gasteiger partial charge in [-0.1, -0.05) is 89.6 Å². The molecule has 0 saturated carbocycles. The van der Waals surface area contributed by atoms with Crippen LogP contribution >= 0.6 is 0 Å². The summed E-state index contributed by atoms with van der Waals surface area (Å²) in [6.07, 6.45) is 3.91. The van der Waals surface area contributed by atoms with Gasteiger partial charge in [-0.25, -0.2) is 0 Å². The maximum absolute atomic E-state index is 3.56. The van der Waals surface area contributed by atoms with Crippen LogP contribution in [0, 0.1) is 5.92 Å². The minimum Gasteiger partial charge on any atom is -0.306 e. The Morgan fingerprint density at radius 2 is 1.39 bits per heavy atom. The van der Waals surface area contributed by atoms with E-state index in [0.717, 1.165) is 12.3 Å². The minimum atomic E-state index is 0.978. The van der Waals surface area contributed by atoms with Gasteiger partial charge in [0, 0.05) is 0 Å². The lowest BCUT2D eigenvalue weighted by Gasteiger charge is -2.26. The number of allylic oxidation sites excluding steroid dienone is 1. The molecule has 0 amide bonds. The van der Waals surface area contributed by atoms with E-state index in [2.05, 4.69) is 74.8 Å². The lowest BCUT2D eigenvalue weighted by Crippen LogP contribution is -2.28. The van der Waals surface area contributed by atoms with E-state index in [-0.39, 0.29) is 0 Å². The Balaban J connectivity index is 0. The van der Waals surface area contributed by atoms with Crippen LogP contribution in [0.4, 0.5) is 0 Å². The fraction of sp³-hybridized carbons (Fsp3) is 0.556. The Morgan fingerprint density at radius 3 is 1.86 bits per heavy atom. The summed E-state index contributed by atoms with van der Waals surface area (Å²) < 4.78 is 0. The fourth-order valence-electron chi connectivity index (χ4n) is 2.74. The molecule has 1 aliphatic rings. The molecule has 0 spiro atoms. The lowest BCUT2D eigenvalue weighted by atomic mass is 10.00. The molecule has 3 rings (SSSR count). The number of hydrogen-bond acceptors (Lipinski definition) is 1. The van der Waals surface area contributed by atoms with Gasteiger partial charge in [-0.05, 0) is 75.5 Å². The van der Waals surface area contributed by atoms with Crippen molar-refractivity contribution in [3.63, 3.8) is 0 Å². The van der Waals surface area contributed by atoms with Crippen molar-refractivity contribution in [2.45, 2.75) is 74.7 Å². The number of aryl methyl sites for hydroxylation is 1. The molecule has 0 bridgehead atoms. The summed E-state index contributed by atoms with van der Waals surface area (Å²) in [6.45, 7) is 22.6. The smallest absolute Gasteiger partial charge is 0.00192 e. The summed E-state index contributed by atoms with van der Waals surface area (Å²) in [7, 11) is 2.20. The monoisotopic (exact) mass is 385 g/mol. The summed E-state index contributed by atoms with van der Waals surface area (Å²) in [4.78, 5) is 2.40. The summed E-state index contributed by atoms with van der Waals surface area (Å²) in [5.41, 5.74) is 2.60. The molecule has 1 fully saturated rings. The van der Waals surface area contributed by atoms with E-state index in [1.54, 1.807) is 0 Å². The molecule has 1 aliphatic heterocycles. The lowest BCUT2D eigenvalue weighted by molar-refractivity contribution is 0.230. The number of hydrogen-bond donors (Lipinski definition) is 0. The quantitative estimate of drug-likeness (QED) is 0.445. The van der Waals surface area contributed by atoms with Crippen LogP contribution in [0.15, 0.2) is 54.6 Å². The van der Waals surface area contributed by atoms with E-state index in [0.29, 0.717) is 0 Å². The molecule has 0 radical (unpaired) electrons. The molecule has 0 atom stereocenters. The molecule has 0 aromatic heterocycles. The highest BCUT2D eigenvalue weighted by atomic mass is 15.1. The van der Waals surface area contributed by atoms with E-state index in [9.17, 15) is 0 Å². The molecule has 1 heterocycles. The average molecular weight is 386 g/mol. The highest BCUT2D eigenvalue weighted by molar-refractivity contribution is 5.85. The molecule has 1 saturated heterocycles. The minimum absolute atomic E-state index is 0.978. The van der Waals surface area contributed by atoms with Gasteiger partial charge in [0.05, 0.1) is 0 Å². The molecule has 1 heteroatoms. The fourth-order valence-corrected chi connectivity index (χ4v) is 2.74. The first kappa shape index (κ1) is 28.6. The van der Waals surface area contributed by atoms with Crippen LogP contribution in [0.5, 0.6) is 0 Å². The van der Waals surface area contributed by atoms with Crippen LogP contribution in [-0.2, 0) is 6.42 Å². The molecule has 0 aliphatic carbocycles. The van der Waals surface area contributed by atoms with Gasteiger partial charge in [-0.15, -0.1) is 6.58 Å². The van der Waals surface area contributed by atoms with Crippen molar-refractivity contribution in [3.05, 3.63) is 60.2 Å². The number of fused-ring (bicyclic) bond motifs is 1. The third kappa shape index (κ3) is 13.6. The van der Waals surface area contributed by atoms with Crippen molar-refractivity contribution < 1.29 is 0 Å². The Kier molecular flexibility index (Phi) is 19.2. The van der Waals surface area contributed by atoms with Crippen molar-refractivity contribution in [3.8, 4) is 0 Å². The van der Waals surface area contributed by atoms with Crippen LogP contribution < -0.4 is 0 Å². The SMILES string of the molecule is C=C(C)C.CC.CC.CC1CCN(C)CC1.CCc1cccc2ccccc12. The maximum atomic E-state index is 3.56. The summed E-state index contributed by atoms with van der Waals surface area (Å²) >= 11 is 0. The predicted octanol–water partition coefficient (Wildman–Crippen LogP) is 8.39. The first-order valence-electron chi connectivity index (χ1n) is 11.2. The second-order valence-electron chi connectivity index (χ2n) is 7.18. The van der Waals surface area contributed by atoms with Crippen LogP contribution in [0.1, 0.15) is 73.8 Å². The maximum Gasteiger partial charge on any atom is -0.00192 e. The van der Waals surface area contributed by atoms with Crippen molar-refractivity contribution in [2.75, 3.05) is 20.1 Å². The standard InChI is InChI=1S/C12H12.C7H15N.C4H8.2C2H6/c1-2-10-7-5-8-11-6-3-4-9-12(10)11;1-7-3-5-8(2)6-4-7;1-4(2)3;2*1-2/h3-9H,2H2,1H3;7H,3-6H2,1-2H3;1H2,2-3H3;2*1-2H3. The van der Waals surface area contributed by atoms with E-state index in [4.69, 9.17) is 0 Å². The summed E-state index contributed by atoms with van der Waals surface area (Å²) in [5, 5.41) is 2.74. The largest absolute Gasteiger partial charge is 0.306 e. The van der Waals surface area contributed by atoms with Crippen LogP contribution in [0.3, 0.4) is 0 Å². The van der Waals surface area contributed by atoms with Gasteiger partial charge < -0.3 is 4.90 Å². The van der Waals surface area contributed by atoms with Gasteiger partial charge in [0.2, 0.25) is 0 Å². The number of nitrogens with zero attached hydrogens (tertiary/aromatic N) is 1. The molecule has 2 aromatic rings. The van der Waals surface area contributed by atoms with Crippen molar-refractivity contribution >= 4 is 10.8 Å². The van der Waals surface area contributed by atoms with E-state index in [1.165, 1.54) is 47.8 Å². The normalized spacial score (nSPS) is 13.3. The zero-order chi connectivity index (χ0) is 21.9. The Bertz CT molecular complexity index is 587. The number of likely N-dealkylation sites (tertiary alicyclic amines) is 1. The molecule has 2 aromatic carbocycles. The molecular weight excluding hydrogens is 338 g/mol. The van der Waals surface area contributed by atoms with E-state index < -0.39 is 0 Å². The van der Waals surface area contributed by atoms with Gasteiger partial charge in [-0.2, -0.15) is 0 Å². The highest BCUT2D eigenvalue weighted by Gasteiger charge is 2.10. The molecular formula is C27H47N. The molecule has 1 nitrogen and oxygen atoms in total. The molecule has 160 valence electrons. The first-order valence-corrected chi connectivity index (χ1v) is 11.2. The molecule has 0 N–H and O–H groups in total. The third-order valence-corrected chi connectivity index (χ3v) is 4.27. The summed E-state index contributed by atoms with van der Waals surface area (Å²) in [6, 6.07) is 15.0. The number of piperidine rings is 1. The number of rotatable bonds is 1. The topological polar surface area (TPSA) is 3.24 Å². The Hall–Kier alpha value is -1.60. The zero-order valence-electron chi connectivity index (χ0n) is 20.3. The Morgan fingerprint density at radius 1 is 0.929 bits per heavy atom. The van der Waals surface area contributed by atoms with Gasteiger partial charge in [-0.3, -0.25) is 0 Å². The van der Waals surface area contributed by atoms with E-state index >= 15 is 0 Å². The van der Waals surface area contributed by atoms with Crippen LogP contribution in [0.25, 0.3) is 10.8 Å².